The van der Waals surface area contributed by atoms with E-state index in [1.165, 1.54) is 6.42 Å². The zero-order chi connectivity index (χ0) is 17.7. The van der Waals surface area contributed by atoms with Crippen LogP contribution in [-0.4, -0.2) is 37.5 Å². The molecule has 2 heterocycles. The summed E-state index contributed by atoms with van der Waals surface area (Å²) in [4.78, 5) is 2.20. The van der Waals surface area contributed by atoms with Crippen LogP contribution in [-0.2, 0) is 16.4 Å². The highest BCUT2D eigenvalue weighted by Gasteiger charge is 2.18. The molecule has 134 valence electrons. The van der Waals surface area contributed by atoms with E-state index in [9.17, 15) is 8.42 Å². The maximum Gasteiger partial charge on any atom is 0.234 e. The molecule has 1 aliphatic heterocycles. The van der Waals surface area contributed by atoms with Gasteiger partial charge in [-0.25, -0.2) is 8.42 Å². The van der Waals surface area contributed by atoms with Crippen LogP contribution < -0.4 is 9.62 Å². The highest BCUT2D eigenvalue weighted by molar-refractivity contribution is 7.92. The fraction of sp³-hybridized carbons (Fsp3) is 0.444. The van der Waals surface area contributed by atoms with Crippen molar-refractivity contribution in [2.45, 2.75) is 26.2 Å². The molecule has 1 aromatic carbocycles. The van der Waals surface area contributed by atoms with Gasteiger partial charge in [-0.3, -0.25) is 4.72 Å². The summed E-state index contributed by atoms with van der Waals surface area (Å²) in [5, 5.41) is 8.23. The summed E-state index contributed by atoms with van der Waals surface area (Å²) < 4.78 is 26.9. The van der Waals surface area contributed by atoms with E-state index >= 15 is 0 Å². The number of nitrogens with zero attached hydrogens (tertiary/aromatic N) is 3. The van der Waals surface area contributed by atoms with E-state index in [0.717, 1.165) is 30.9 Å². The number of nitrogens with one attached hydrogen (secondary N) is 1. The minimum atomic E-state index is -3.45. The molecule has 1 N–H and O–H groups in total. The number of hydrogen-bond donors (Lipinski definition) is 1. The van der Waals surface area contributed by atoms with Crippen molar-refractivity contribution in [3.8, 4) is 0 Å². The van der Waals surface area contributed by atoms with Crippen molar-refractivity contribution in [2.24, 2.45) is 5.92 Å². The number of aryl methyl sites for hydroxylation is 1. The van der Waals surface area contributed by atoms with Gasteiger partial charge in [0.2, 0.25) is 10.0 Å². The molecule has 1 unspecified atom stereocenters. The number of benzene rings is 1. The third-order valence-electron chi connectivity index (χ3n) is 4.39. The summed E-state index contributed by atoms with van der Waals surface area (Å²) in [6.07, 6.45) is 2.85. The predicted octanol–water partition coefficient (Wildman–Crippen LogP) is 2.70. The molecule has 0 spiro atoms. The highest BCUT2D eigenvalue weighted by Crippen LogP contribution is 2.21. The lowest BCUT2D eigenvalue weighted by atomic mass is 10.0. The molecule has 0 radical (unpaired) electrons. The summed E-state index contributed by atoms with van der Waals surface area (Å²) in [5.74, 6) is 1.73. The number of aromatic nitrogens is 2. The van der Waals surface area contributed by atoms with E-state index in [1.807, 2.05) is 36.4 Å². The Bertz CT molecular complexity index is 778. The molecule has 25 heavy (non-hydrogen) atoms. The Morgan fingerprint density at radius 3 is 2.64 bits per heavy atom. The number of hydrogen-bond acceptors (Lipinski definition) is 5. The number of piperidine rings is 1. The summed E-state index contributed by atoms with van der Waals surface area (Å²) in [6, 6.07) is 13.1. The third-order valence-corrected chi connectivity index (χ3v) is 5.66. The Morgan fingerprint density at radius 2 is 1.96 bits per heavy atom. The van der Waals surface area contributed by atoms with Crippen molar-refractivity contribution in [3.05, 3.63) is 48.0 Å². The van der Waals surface area contributed by atoms with Crippen LogP contribution in [0, 0.1) is 5.92 Å². The van der Waals surface area contributed by atoms with Crippen LogP contribution in [0.1, 0.15) is 25.3 Å². The second-order valence-electron chi connectivity index (χ2n) is 6.63. The first kappa shape index (κ1) is 17.7. The molecule has 0 bridgehead atoms. The van der Waals surface area contributed by atoms with Crippen molar-refractivity contribution in [3.63, 3.8) is 0 Å². The molecule has 1 aromatic heterocycles. The molecule has 3 rings (SSSR count). The van der Waals surface area contributed by atoms with Crippen molar-refractivity contribution in [1.82, 2.24) is 10.2 Å². The maximum atomic E-state index is 12.2. The summed E-state index contributed by atoms with van der Waals surface area (Å²) >= 11 is 0. The maximum absolute atomic E-state index is 12.2. The SMILES string of the molecule is CC1CCCN(c2ccc(NS(=O)(=O)CCc3ccccc3)nn2)C1. The largest absolute Gasteiger partial charge is 0.355 e. The van der Waals surface area contributed by atoms with Gasteiger partial charge in [0, 0.05) is 13.1 Å². The van der Waals surface area contributed by atoms with Crippen LogP contribution in [0.3, 0.4) is 0 Å². The molecular formula is C18H24N4O2S. The lowest BCUT2D eigenvalue weighted by molar-refractivity contribution is 0.444. The van der Waals surface area contributed by atoms with Crippen LogP contribution in [0.5, 0.6) is 0 Å². The molecule has 0 saturated carbocycles. The summed E-state index contributed by atoms with van der Waals surface area (Å²) in [5.41, 5.74) is 0.994. The van der Waals surface area contributed by atoms with E-state index in [2.05, 4.69) is 26.7 Å². The smallest absolute Gasteiger partial charge is 0.234 e. The van der Waals surface area contributed by atoms with E-state index in [0.29, 0.717) is 12.3 Å². The minimum Gasteiger partial charge on any atom is -0.355 e. The van der Waals surface area contributed by atoms with Gasteiger partial charge in [-0.15, -0.1) is 10.2 Å². The molecule has 1 saturated heterocycles. The summed E-state index contributed by atoms with van der Waals surface area (Å²) in [7, 11) is -3.45. The van der Waals surface area contributed by atoms with Gasteiger partial charge in [0.15, 0.2) is 11.6 Å². The number of anilines is 2. The molecule has 2 aromatic rings. The first-order valence-electron chi connectivity index (χ1n) is 8.65. The van der Waals surface area contributed by atoms with Gasteiger partial charge in [0.25, 0.3) is 0 Å². The van der Waals surface area contributed by atoms with Crippen molar-refractivity contribution in [2.75, 3.05) is 28.5 Å². The van der Waals surface area contributed by atoms with Gasteiger partial charge >= 0.3 is 0 Å². The van der Waals surface area contributed by atoms with Gasteiger partial charge < -0.3 is 4.90 Å². The molecule has 0 aliphatic carbocycles. The van der Waals surface area contributed by atoms with Gasteiger partial charge in [-0.05, 0) is 42.9 Å². The first-order valence-corrected chi connectivity index (χ1v) is 10.3. The van der Waals surface area contributed by atoms with Gasteiger partial charge in [0.1, 0.15) is 0 Å². The first-order chi connectivity index (χ1) is 12.0. The Kier molecular flexibility index (Phi) is 5.53. The normalized spacial score (nSPS) is 18.1. The zero-order valence-corrected chi connectivity index (χ0v) is 15.2. The molecule has 0 amide bonds. The van der Waals surface area contributed by atoms with E-state index in [4.69, 9.17) is 0 Å². The van der Waals surface area contributed by atoms with Crippen molar-refractivity contribution < 1.29 is 8.42 Å². The zero-order valence-electron chi connectivity index (χ0n) is 14.4. The van der Waals surface area contributed by atoms with Gasteiger partial charge in [0.05, 0.1) is 5.75 Å². The number of rotatable bonds is 6. The second kappa shape index (κ2) is 7.82. The Hall–Kier alpha value is -2.15. The summed E-state index contributed by atoms with van der Waals surface area (Å²) in [6.45, 7) is 4.17. The lowest BCUT2D eigenvalue weighted by Gasteiger charge is -2.31. The van der Waals surface area contributed by atoms with Crippen LogP contribution in [0.15, 0.2) is 42.5 Å². The third kappa shape index (κ3) is 5.16. The van der Waals surface area contributed by atoms with Crippen LogP contribution in [0.4, 0.5) is 11.6 Å². The van der Waals surface area contributed by atoms with E-state index in [-0.39, 0.29) is 11.6 Å². The molecule has 1 atom stereocenters. The quantitative estimate of drug-likeness (QED) is 0.857. The second-order valence-corrected chi connectivity index (χ2v) is 8.47. The van der Waals surface area contributed by atoms with Crippen LogP contribution in [0.2, 0.25) is 0 Å². The Labute approximate surface area is 149 Å². The van der Waals surface area contributed by atoms with Crippen molar-refractivity contribution in [1.29, 1.82) is 0 Å². The van der Waals surface area contributed by atoms with Gasteiger partial charge in [-0.1, -0.05) is 37.3 Å². The predicted molar refractivity (Wildman–Crippen MR) is 100 cm³/mol. The standard InChI is InChI=1S/C18H24N4O2S/c1-15-6-5-12-22(14-15)18-10-9-17(19-20-18)21-25(23,24)13-11-16-7-3-2-4-8-16/h2-4,7-10,15H,5-6,11-14H2,1H3,(H,19,21). The Balaban J connectivity index is 1.58. The topological polar surface area (TPSA) is 75.2 Å². The van der Waals surface area contributed by atoms with Crippen LogP contribution in [0.25, 0.3) is 0 Å². The fourth-order valence-electron chi connectivity index (χ4n) is 3.05. The average molecular weight is 360 g/mol. The van der Waals surface area contributed by atoms with Gasteiger partial charge in [-0.2, -0.15) is 0 Å². The molecule has 1 aliphatic rings. The molecule has 6 nitrogen and oxygen atoms in total. The lowest BCUT2D eigenvalue weighted by Crippen LogP contribution is -2.35. The number of sulfonamides is 1. The molecular weight excluding hydrogens is 336 g/mol. The molecule has 1 fully saturated rings. The average Bonchev–Trinajstić information content (AvgIpc) is 2.61. The highest BCUT2D eigenvalue weighted by atomic mass is 32.2. The van der Waals surface area contributed by atoms with Crippen LogP contribution >= 0.6 is 0 Å². The van der Waals surface area contributed by atoms with E-state index < -0.39 is 10.0 Å². The Morgan fingerprint density at radius 1 is 1.16 bits per heavy atom. The minimum absolute atomic E-state index is 0.0179. The monoisotopic (exact) mass is 360 g/mol. The molecule has 7 heteroatoms. The van der Waals surface area contributed by atoms with Crippen molar-refractivity contribution >= 4 is 21.7 Å². The van der Waals surface area contributed by atoms with E-state index in [1.54, 1.807) is 6.07 Å². The fourth-order valence-corrected chi connectivity index (χ4v) is 4.09.